The zero-order chi connectivity index (χ0) is 18.9. The molecule has 8 heteroatoms. The highest BCUT2D eigenvalue weighted by Crippen LogP contribution is 2.33. The first-order valence-electron chi connectivity index (χ1n) is 9.52. The van der Waals surface area contributed by atoms with Crippen LogP contribution in [0.4, 0.5) is 5.82 Å². The molecule has 5 rings (SSSR count). The number of nitrogens with one attached hydrogen (secondary N) is 3. The quantitative estimate of drug-likeness (QED) is 0.496. The Labute approximate surface area is 162 Å². The summed E-state index contributed by atoms with van der Waals surface area (Å²) in [6.07, 6.45) is 6.73. The molecule has 4 aromatic rings. The Morgan fingerprint density at radius 3 is 2.82 bits per heavy atom. The largest absolute Gasteiger partial charge is 0.355 e. The van der Waals surface area contributed by atoms with Crippen LogP contribution in [0.1, 0.15) is 6.42 Å². The predicted octanol–water partition coefficient (Wildman–Crippen LogP) is 2.46. The third-order valence-corrected chi connectivity index (χ3v) is 5.45. The molecule has 3 aromatic heterocycles. The first-order valence-corrected chi connectivity index (χ1v) is 9.52. The van der Waals surface area contributed by atoms with Crippen molar-refractivity contribution >= 4 is 16.7 Å². The molecule has 1 saturated heterocycles. The molecule has 0 unspecified atom stereocenters. The van der Waals surface area contributed by atoms with E-state index in [-0.39, 0.29) is 0 Å². The van der Waals surface area contributed by atoms with Crippen molar-refractivity contribution in [2.24, 2.45) is 5.92 Å². The molecule has 0 radical (unpaired) electrons. The second-order valence-corrected chi connectivity index (χ2v) is 7.24. The summed E-state index contributed by atoms with van der Waals surface area (Å²) in [6, 6.07) is 8.25. The second-order valence-electron chi connectivity index (χ2n) is 7.24. The fourth-order valence-electron chi connectivity index (χ4n) is 4.03. The van der Waals surface area contributed by atoms with Crippen LogP contribution in [-0.2, 0) is 0 Å². The summed E-state index contributed by atoms with van der Waals surface area (Å²) in [5.74, 6) is 1.62. The van der Waals surface area contributed by atoms with Gasteiger partial charge in [-0.05, 0) is 49.7 Å². The Hall–Kier alpha value is -3.26. The first kappa shape index (κ1) is 16.9. The van der Waals surface area contributed by atoms with Crippen LogP contribution in [0, 0.1) is 5.92 Å². The van der Waals surface area contributed by atoms with E-state index in [9.17, 15) is 0 Å². The van der Waals surface area contributed by atoms with E-state index >= 15 is 0 Å². The van der Waals surface area contributed by atoms with Gasteiger partial charge in [0.2, 0.25) is 0 Å². The highest BCUT2D eigenvalue weighted by Gasteiger charge is 2.23. The van der Waals surface area contributed by atoms with E-state index in [0.29, 0.717) is 5.92 Å². The van der Waals surface area contributed by atoms with Crippen molar-refractivity contribution in [3.63, 3.8) is 0 Å². The van der Waals surface area contributed by atoms with E-state index < -0.39 is 0 Å². The van der Waals surface area contributed by atoms with E-state index in [1.165, 1.54) is 6.42 Å². The van der Waals surface area contributed by atoms with Crippen molar-refractivity contribution in [2.45, 2.75) is 6.42 Å². The van der Waals surface area contributed by atoms with Crippen molar-refractivity contribution in [1.29, 1.82) is 0 Å². The molecule has 0 saturated carbocycles. The van der Waals surface area contributed by atoms with Gasteiger partial charge in [0, 0.05) is 35.8 Å². The van der Waals surface area contributed by atoms with Crippen LogP contribution in [0.25, 0.3) is 33.3 Å². The summed E-state index contributed by atoms with van der Waals surface area (Å²) >= 11 is 0. The third kappa shape index (κ3) is 2.91. The van der Waals surface area contributed by atoms with Crippen LogP contribution in [0.5, 0.6) is 0 Å². The van der Waals surface area contributed by atoms with Gasteiger partial charge in [-0.25, -0.2) is 0 Å². The van der Waals surface area contributed by atoms with Gasteiger partial charge in [0.15, 0.2) is 5.82 Å². The van der Waals surface area contributed by atoms with E-state index in [4.69, 9.17) is 0 Å². The molecular weight excluding hydrogens is 352 g/mol. The summed E-state index contributed by atoms with van der Waals surface area (Å²) in [6.45, 7) is 3.10. The first-order chi connectivity index (χ1) is 13.8. The average Bonchev–Trinajstić information content (AvgIpc) is 3.49. The fourth-order valence-corrected chi connectivity index (χ4v) is 4.03. The maximum absolute atomic E-state index is 4.51. The lowest BCUT2D eigenvalue weighted by atomic mass is 10.0. The van der Waals surface area contributed by atoms with E-state index in [2.05, 4.69) is 59.0 Å². The number of aromatic nitrogens is 6. The van der Waals surface area contributed by atoms with Crippen LogP contribution in [-0.4, -0.2) is 57.3 Å². The minimum absolute atomic E-state index is 0.673. The summed E-state index contributed by atoms with van der Waals surface area (Å²) in [7, 11) is 2.01. The fraction of sp³-hybridized carbons (Fsp3) is 0.300. The number of anilines is 1. The Balaban J connectivity index is 1.45. The number of nitrogens with zero attached hydrogens (tertiary/aromatic N) is 5. The van der Waals surface area contributed by atoms with Crippen LogP contribution in [0.2, 0.25) is 0 Å². The number of fused-ring (bicyclic) bond motifs is 1. The van der Waals surface area contributed by atoms with Crippen molar-refractivity contribution in [3.8, 4) is 22.4 Å². The Kier molecular flexibility index (Phi) is 4.25. The molecule has 0 aliphatic carbocycles. The summed E-state index contributed by atoms with van der Waals surface area (Å²) < 4.78 is 0. The molecule has 1 aliphatic rings. The van der Waals surface area contributed by atoms with Gasteiger partial charge >= 0.3 is 0 Å². The summed E-state index contributed by atoms with van der Waals surface area (Å²) in [5, 5.41) is 27.6. The standard InChI is InChI=1S/C20H22N8/c1-21-8-13-6-7-28(12-13)19-5-4-18(25-26-19)16-3-2-15(14-9-22-23-10-14)17-11-24-27-20(16)17/h2-5,9-11,13,21H,6-8,12H2,1H3,(H,22,23)(H,24,27)/t13-/m0/s1. The number of aromatic amines is 2. The zero-order valence-electron chi connectivity index (χ0n) is 15.7. The van der Waals surface area contributed by atoms with Crippen LogP contribution < -0.4 is 10.2 Å². The average molecular weight is 374 g/mol. The van der Waals surface area contributed by atoms with Gasteiger partial charge in [-0.15, -0.1) is 10.2 Å². The number of hydrogen-bond acceptors (Lipinski definition) is 6. The monoisotopic (exact) mass is 374 g/mol. The molecule has 142 valence electrons. The molecule has 28 heavy (non-hydrogen) atoms. The Bertz CT molecular complexity index is 1070. The van der Waals surface area contributed by atoms with E-state index in [0.717, 1.165) is 58.7 Å². The van der Waals surface area contributed by atoms with Crippen molar-refractivity contribution in [1.82, 2.24) is 35.9 Å². The minimum atomic E-state index is 0.673. The topological polar surface area (TPSA) is 98.4 Å². The SMILES string of the molecule is CNC[C@@H]1CCN(c2ccc(-c3ccc(-c4cn[nH]c4)c4cn[nH]c34)nn2)C1. The number of benzene rings is 1. The van der Waals surface area contributed by atoms with Crippen LogP contribution >= 0.6 is 0 Å². The van der Waals surface area contributed by atoms with Gasteiger partial charge < -0.3 is 10.2 Å². The molecular formula is C20H22N8. The normalized spacial score (nSPS) is 16.9. The molecule has 1 atom stereocenters. The minimum Gasteiger partial charge on any atom is -0.355 e. The van der Waals surface area contributed by atoms with E-state index in [1.807, 2.05) is 31.7 Å². The molecule has 1 fully saturated rings. The second kappa shape index (κ2) is 7.05. The molecule has 4 heterocycles. The van der Waals surface area contributed by atoms with Gasteiger partial charge in [0.1, 0.15) is 0 Å². The summed E-state index contributed by atoms with van der Waals surface area (Å²) in [5.41, 5.74) is 4.90. The number of rotatable bonds is 5. The van der Waals surface area contributed by atoms with Gasteiger partial charge in [0.05, 0.1) is 23.6 Å². The lowest BCUT2D eigenvalue weighted by Gasteiger charge is -2.17. The van der Waals surface area contributed by atoms with Crippen molar-refractivity contribution in [3.05, 3.63) is 42.9 Å². The zero-order valence-corrected chi connectivity index (χ0v) is 15.7. The molecule has 0 spiro atoms. The number of hydrogen-bond donors (Lipinski definition) is 3. The maximum Gasteiger partial charge on any atom is 0.151 e. The molecule has 0 amide bonds. The molecule has 1 aliphatic heterocycles. The van der Waals surface area contributed by atoms with Crippen LogP contribution in [0.3, 0.4) is 0 Å². The van der Waals surface area contributed by atoms with Gasteiger partial charge in [0.25, 0.3) is 0 Å². The Morgan fingerprint density at radius 1 is 1.11 bits per heavy atom. The van der Waals surface area contributed by atoms with Crippen molar-refractivity contribution < 1.29 is 0 Å². The van der Waals surface area contributed by atoms with Gasteiger partial charge in [-0.3, -0.25) is 10.2 Å². The van der Waals surface area contributed by atoms with Crippen molar-refractivity contribution in [2.75, 3.05) is 31.6 Å². The maximum atomic E-state index is 4.51. The highest BCUT2D eigenvalue weighted by molar-refractivity contribution is 6.01. The van der Waals surface area contributed by atoms with Gasteiger partial charge in [-0.2, -0.15) is 10.2 Å². The lowest BCUT2D eigenvalue weighted by Crippen LogP contribution is -2.25. The number of H-pyrrole nitrogens is 2. The van der Waals surface area contributed by atoms with Crippen LogP contribution in [0.15, 0.2) is 42.9 Å². The predicted molar refractivity (Wildman–Crippen MR) is 109 cm³/mol. The van der Waals surface area contributed by atoms with Gasteiger partial charge in [-0.1, -0.05) is 6.07 Å². The highest BCUT2D eigenvalue weighted by atomic mass is 15.3. The molecule has 8 nitrogen and oxygen atoms in total. The lowest BCUT2D eigenvalue weighted by molar-refractivity contribution is 0.548. The smallest absolute Gasteiger partial charge is 0.151 e. The Morgan fingerprint density at radius 2 is 2.04 bits per heavy atom. The van der Waals surface area contributed by atoms with E-state index in [1.54, 1.807) is 0 Å². The molecule has 0 bridgehead atoms. The third-order valence-electron chi connectivity index (χ3n) is 5.45. The summed E-state index contributed by atoms with van der Waals surface area (Å²) in [4.78, 5) is 2.31. The molecule has 3 N–H and O–H groups in total. The molecule has 1 aromatic carbocycles.